The number of benzene rings is 1. The largest absolute Gasteiger partial charge is 0.337 e. The average Bonchev–Trinajstić information content (AvgIpc) is 2.88. The van der Waals surface area contributed by atoms with Crippen molar-refractivity contribution in [1.29, 1.82) is 5.26 Å². The van der Waals surface area contributed by atoms with Gasteiger partial charge in [0.15, 0.2) is 0 Å². The molecule has 1 aliphatic rings. The first-order valence-corrected chi connectivity index (χ1v) is 6.68. The van der Waals surface area contributed by atoms with E-state index in [-0.39, 0.29) is 23.2 Å². The number of carbonyl (C=O) groups is 1. The van der Waals surface area contributed by atoms with Gasteiger partial charge >= 0.3 is 0 Å². The van der Waals surface area contributed by atoms with Crippen LogP contribution in [0.15, 0.2) is 29.8 Å². The van der Waals surface area contributed by atoms with Crippen LogP contribution in [0.3, 0.4) is 0 Å². The van der Waals surface area contributed by atoms with E-state index >= 15 is 0 Å². The highest BCUT2D eigenvalue weighted by molar-refractivity contribution is 5.97. The van der Waals surface area contributed by atoms with Crippen molar-refractivity contribution in [1.82, 2.24) is 4.90 Å². The Hall–Kier alpha value is -2.15. The number of amides is 1. The normalized spacial score (nSPS) is 19.0. The van der Waals surface area contributed by atoms with Crippen LogP contribution in [0.1, 0.15) is 30.4 Å². The van der Waals surface area contributed by atoms with Crippen molar-refractivity contribution in [2.75, 3.05) is 13.1 Å². The molecule has 1 saturated heterocycles. The Morgan fingerprint density at radius 3 is 2.85 bits per heavy atom. The lowest BCUT2D eigenvalue weighted by Crippen LogP contribution is -2.29. The van der Waals surface area contributed by atoms with Gasteiger partial charge in [0.2, 0.25) is 0 Å². The topological polar surface area (TPSA) is 44.1 Å². The fourth-order valence-electron chi connectivity index (χ4n) is 2.62. The second-order valence-corrected chi connectivity index (χ2v) is 5.11. The molecule has 4 heteroatoms. The van der Waals surface area contributed by atoms with Crippen molar-refractivity contribution in [3.05, 3.63) is 46.8 Å². The third-order valence-electron chi connectivity index (χ3n) is 3.65. The van der Waals surface area contributed by atoms with Crippen LogP contribution >= 0.6 is 0 Å². The Morgan fingerprint density at radius 1 is 1.50 bits per heavy atom. The summed E-state index contributed by atoms with van der Waals surface area (Å²) in [6, 6.07) is 6.90. The summed E-state index contributed by atoms with van der Waals surface area (Å²) >= 11 is 0. The summed E-state index contributed by atoms with van der Waals surface area (Å²) in [5.41, 5.74) is 1.98. The van der Waals surface area contributed by atoms with Gasteiger partial charge in [0, 0.05) is 19.0 Å². The van der Waals surface area contributed by atoms with Gasteiger partial charge in [-0.3, -0.25) is 4.79 Å². The van der Waals surface area contributed by atoms with Gasteiger partial charge < -0.3 is 4.90 Å². The zero-order valence-corrected chi connectivity index (χ0v) is 11.7. The summed E-state index contributed by atoms with van der Waals surface area (Å²) in [5, 5.41) is 8.90. The maximum Gasteiger partial charge on any atom is 0.264 e. The van der Waals surface area contributed by atoms with E-state index in [1.807, 2.05) is 19.1 Å². The van der Waals surface area contributed by atoms with Gasteiger partial charge in [-0.05, 0) is 43.5 Å². The third-order valence-corrected chi connectivity index (χ3v) is 3.65. The molecule has 0 saturated carbocycles. The summed E-state index contributed by atoms with van der Waals surface area (Å²) in [7, 11) is 0. The van der Waals surface area contributed by atoms with Crippen LogP contribution < -0.4 is 0 Å². The molecule has 2 rings (SSSR count). The first-order chi connectivity index (χ1) is 9.55. The van der Waals surface area contributed by atoms with Gasteiger partial charge in [-0.25, -0.2) is 4.39 Å². The Morgan fingerprint density at radius 2 is 2.25 bits per heavy atom. The fraction of sp³-hybridized carbons (Fsp3) is 0.375. The number of nitriles is 1. The number of halogens is 1. The highest BCUT2D eigenvalue weighted by Crippen LogP contribution is 2.29. The first-order valence-electron chi connectivity index (χ1n) is 6.68. The average molecular weight is 272 g/mol. The summed E-state index contributed by atoms with van der Waals surface area (Å²) in [5.74, 6) is -0.327. The molecule has 0 aliphatic carbocycles. The Bertz CT molecular complexity index is 581. The lowest BCUT2D eigenvalue weighted by Gasteiger charge is -2.16. The molecule has 0 bridgehead atoms. The van der Waals surface area contributed by atoms with Crippen molar-refractivity contribution in [3.8, 4) is 6.07 Å². The molecule has 0 aromatic heterocycles. The predicted octanol–water partition coefficient (Wildman–Crippen LogP) is 2.92. The molecule has 0 N–H and O–H groups in total. The van der Waals surface area contributed by atoms with Crippen molar-refractivity contribution in [2.24, 2.45) is 0 Å². The third kappa shape index (κ3) is 2.88. The van der Waals surface area contributed by atoms with E-state index in [0.717, 1.165) is 17.5 Å². The summed E-state index contributed by atoms with van der Waals surface area (Å²) < 4.78 is 13.4. The van der Waals surface area contributed by atoms with Gasteiger partial charge in [0.1, 0.15) is 17.5 Å². The molecule has 1 heterocycles. The molecule has 1 fully saturated rings. The quantitative estimate of drug-likeness (QED) is 0.613. The van der Waals surface area contributed by atoms with E-state index < -0.39 is 0 Å². The Balaban J connectivity index is 2.13. The van der Waals surface area contributed by atoms with Crippen LogP contribution in [0.5, 0.6) is 0 Å². The van der Waals surface area contributed by atoms with E-state index in [1.165, 1.54) is 18.2 Å². The second-order valence-electron chi connectivity index (χ2n) is 5.11. The molecule has 1 amide bonds. The molecular weight excluding hydrogens is 255 g/mol. The molecule has 1 atom stereocenters. The lowest BCUT2D eigenvalue weighted by atomic mass is 9.97. The number of hydrogen-bond donors (Lipinski definition) is 0. The van der Waals surface area contributed by atoms with Gasteiger partial charge in [0.25, 0.3) is 5.91 Å². The Labute approximate surface area is 118 Å². The van der Waals surface area contributed by atoms with E-state index in [9.17, 15) is 9.18 Å². The minimum absolute atomic E-state index is 0.144. The van der Waals surface area contributed by atoms with Gasteiger partial charge in [0.05, 0.1) is 0 Å². The Kier molecular flexibility index (Phi) is 4.19. The number of rotatable bonds is 2. The number of aryl methyl sites for hydroxylation is 1. The summed E-state index contributed by atoms with van der Waals surface area (Å²) in [6.45, 7) is 4.69. The zero-order valence-electron chi connectivity index (χ0n) is 11.7. The number of hydrogen-bond acceptors (Lipinski definition) is 2. The molecular formula is C16H17FN2O. The molecule has 3 nitrogen and oxygen atoms in total. The molecule has 1 aromatic rings. The molecule has 1 unspecified atom stereocenters. The van der Waals surface area contributed by atoms with Crippen molar-refractivity contribution in [3.63, 3.8) is 0 Å². The zero-order chi connectivity index (χ0) is 14.7. The van der Waals surface area contributed by atoms with Gasteiger partial charge in [-0.2, -0.15) is 5.26 Å². The highest BCUT2D eigenvalue weighted by atomic mass is 19.1. The summed E-state index contributed by atoms with van der Waals surface area (Å²) in [4.78, 5) is 13.7. The first kappa shape index (κ1) is 14.3. The van der Waals surface area contributed by atoms with Crippen molar-refractivity contribution < 1.29 is 9.18 Å². The highest BCUT2D eigenvalue weighted by Gasteiger charge is 2.29. The molecule has 104 valence electrons. The minimum Gasteiger partial charge on any atom is -0.337 e. The standard InChI is InChI=1S/C16H17FN2O/c1-3-12(9-18)16(20)19-5-4-13(10-19)14-6-11(2)7-15(17)8-14/h3,6-8,13H,4-5,10H2,1-2H3/b12-3+. The maximum absolute atomic E-state index is 13.4. The van der Waals surface area contributed by atoms with E-state index in [4.69, 9.17) is 5.26 Å². The van der Waals surface area contributed by atoms with Crippen LogP contribution in [-0.4, -0.2) is 23.9 Å². The van der Waals surface area contributed by atoms with Crippen LogP contribution in [0.2, 0.25) is 0 Å². The lowest BCUT2D eigenvalue weighted by molar-refractivity contribution is -0.125. The van der Waals surface area contributed by atoms with Crippen LogP contribution in [0.25, 0.3) is 0 Å². The summed E-state index contributed by atoms with van der Waals surface area (Å²) in [6.07, 6.45) is 2.33. The number of likely N-dealkylation sites (tertiary alicyclic amines) is 1. The van der Waals surface area contributed by atoms with Gasteiger partial charge in [-0.15, -0.1) is 0 Å². The molecule has 0 radical (unpaired) electrons. The number of allylic oxidation sites excluding steroid dienone is 1. The van der Waals surface area contributed by atoms with E-state index in [1.54, 1.807) is 11.8 Å². The van der Waals surface area contributed by atoms with Gasteiger partial charge in [-0.1, -0.05) is 12.1 Å². The van der Waals surface area contributed by atoms with Crippen LogP contribution in [0, 0.1) is 24.1 Å². The number of carbonyl (C=O) groups excluding carboxylic acids is 1. The second kappa shape index (κ2) is 5.87. The molecule has 0 spiro atoms. The van der Waals surface area contributed by atoms with E-state index in [2.05, 4.69) is 0 Å². The fourth-order valence-corrected chi connectivity index (χ4v) is 2.62. The van der Waals surface area contributed by atoms with Crippen LogP contribution in [0.4, 0.5) is 4.39 Å². The van der Waals surface area contributed by atoms with Crippen LogP contribution in [-0.2, 0) is 4.79 Å². The maximum atomic E-state index is 13.4. The molecule has 1 aromatic carbocycles. The van der Waals surface area contributed by atoms with E-state index in [0.29, 0.717) is 13.1 Å². The molecule has 1 aliphatic heterocycles. The van der Waals surface area contributed by atoms with Crippen molar-refractivity contribution in [2.45, 2.75) is 26.2 Å². The molecule has 20 heavy (non-hydrogen) atoms. The smallest absolute Gasteiger partial charge is 0.264 e. The number of nitrogens with zero attached hydrogens (tertiary/aromatic N) is 2. The van der Waals surface area contributed by atoms with Crippen molar-refractivity contribution >= 4 is 5.91 Å². The SMILES string of the molecule is C/C=C(\C#N)C(=O)N1CCC(c2cc(C)cc(F)c2)C1. The monoisotopic (exact) mass is 272 g/mol. The predicted molar refractivity (Wildman–Crippen MR) is 74.4 cm³/mol. The minimum atomic E-state index is -0.240.